The highest BCUT2D eigenvalue weighted by Crippen LogP contribution is 2.33. The average Bonchev–Trinajstić information content (AvgIpc) is 2.70. The van der Waals surface area contributed by atoms with Crippen LogP contribution in [0.15, 0.2) is 76.7 Å². The molecule has 1 aromatic heterocycles. The number of para-hydroxylation sites is 2. The van der Waals surface area contributed by atoms with Gasteiger partial charge in [-0.2, -0.15) is 0 Å². The van der Waals surface area contributed by atoms with Gasteiger partial charge in [0, 0.05) is 22.9 Å². The maximum absolute atomic E-state index is 13.7. The lowest BCUT2D eigenvalue weighted by Crippen LogP contribution is -2.22. The van der Waals surface area contributed by atoms with E-state index in [4.69, 9.17) is 11.6 Å². The van der Waals surface area contributed by atoms with Crippen molar-refractivity contribution in [3.05, 3.63) is 83.4 Å². The van der Waals surface area contributed by atoms with Gasteiger partial charge in [0.05, 0.1) is 16.6 Å². The molecule has 0 aliphatic rings. The van der Waals surface area contributed by atoms with E-state index in [0.29, 0.717) is 16.4 Å². The Hall–Kier alpha value is -2.70. The van der Waals surface area contributed by atoms with E-state index in [-0.39, 0.29) is 11.6 Å². The highest BCUT2D eigenvalue weighted by atomic mass is 35.5. The summed E-state index contributed by atoms with van der Waals surface area (Å²) >= 11 is 7.40. The van der Waals surface area contributed by atoms with Gasteiger partial charge in [-0.25, -0.2) is 9.37 Å². The van der Waals surface area contributed by atoms with Gasteiger partial charge >= 0.3 is 0 Å². The van der Waals surface area contributed by atoms with Crippen LogP contribution in [0.4, 0.5) is 15.8 Å². The molecule has 0 unspecified atom stereocenters. The van der Waals surface area contributed by atoms with Crippen molar-refractivity contribution in [2.45, 2.75) is 17.1 Å². The molecule has 0 spiro atoms. The fraction of sp³-hybridized carbons (Fsp3) is 0.0952. The van der Waals surface area contributed by atoms with Crippen LogP contribution in [-0.4, -0.2) is 22.4 Å². The molecule has 3 rings (SSSR count). The molecule has 0 bridgehead atoms. The maximum Gasteiger partial charge on any atom is 0.237 e. The molecule has 0 fully saturated rings. The van der Waals surface area contributed by atoms with Gasteiger partial charge in [0.1, 0.15) is 11.0 Å². The van der Waals surface area contributed by atoms with E-state index in [9.17, 15) is 9.18 Å². The van der Waals surface area contributed by atoms with E-state index >= 15 is 0 Å². The Morgan fingerprint density at radius 1 is 1.18 bits per heavy atom. The van der Waals surface area contributed by atoms with Crippen molar-refractivity contribution in [2.75, 3.05) is 5.32 Å². The molecule has 0 radical (unpaired) electrons. The number of anilines is 1. The topological polar surface area (TPSA) is 54.4 Å². The number of rotatable bonds is 6. The Labute approximate surface area is 171 Å². The summed E-state index contributed by atoms with van der Waals surface area (Å²) in [5, 5.41) is 2.54. The summed E-state index contributed by atoms with van der Waals surface area (Å²) in [4.78, 5) is 21.8. The Bertz CT molecular complexity index is 1010. The largest absolute Gasteiger partial charge is 0.323 e. The zero-order chi connectivity index (χ0) is 19.9. The molecule has 142 valence electrons. The number of aromatic nitrogens is 1. The zero-order valence-electron chi connectivity index (χ0n) is 15.0. The van der Waals surface area contributed by atoms with Crippen LogP contribution in [0.3, 0.4) is 0 Å². The Balaban J connectivity index is 1.73. The lowest BCUT2D eigenvalue weighted by atomic mass is 10.3. The highest BCUT2D eigenvalue weighted by Gasteiger charge is 2.17. The number of amides is 1. The van der Waals surface area contributed by atoms with E-state index in [1.54, 1.807) is 37.5 Å². The number of hydrogen-bond donors (Lipinski definition) is 1. The summed E-state index contributed by atoms with van der Waals surface area (Å²) in [6, 6.07) is 17.2. The predicted octanol–water partition coefficient (Wildman–Crippen LogP) is 5.74. The van der Waals surface area contributed by atoms with Gasteiger partial charge < -0.3 is 5.32 Å². The van der Waals surface area contributed by atoms with Crippen molar-refractivity contribution < 1.29 is 9.18 Å². The van der Waals surface area contributed by atoms with E-state index in [0.717, 1.165) is 4.90 Å². The van der Waals surface area contributed by atoms with Crippen LogP contribution in [0, 0.1) is 5.82 Å². The third kappa shape index (κ3) is 5.18. The highest BCUT2D eigenvalue weighted by molar-refractivity contribution is 8.00. The summed E-state index contributed by atoms with van der Waals surface area (Å²) in [5.74, 6) is -0.754. The Morgan fingerprint density at radius 2 is 1.93 bits per heavy atom. The van der Waals surface area contributed by atoms with Crippen molar-refractivity contribution >= 4 is 46.9 Å². The smallest absolute Gasteiger partial charge is 0.237 e. The van der Waals surface area contributed by atoms with Gasteiger partial charge in [-0.3, -0.25) is 9.79 Å². The first kappa shape index (κ1) is 20.0. The van der Waals surface area contributed by atoms with Crippen LogP contribution < -0.4 is 5.32 Å². The van der Waals surface area contributed by atoms with Crippen LogP contribution in [0.2, 0.25) is 5.15 Å². The van der Waals surface area contributed by atoms with Crippen molar-refractivity contribution in [3.63, 3.8) is 0 Å². The molecule has 1 atom stereocenters. The molecule has 28 heavy (non-hydrogen) atoms. The van der Waals surface area contributed by atoms with Crippen molar-refractivity contribution in [1.82, 2.24) is 4.98 Å². The van der Waals surface area contributed by atoms with E-state index < -0.39 is 11.1 Å². The average molecular weight is 414 g/mol. The summed E-state index contributed by atoms with van der Waals surface area (Å²) in [6.45, 7) is 1.76. The number of hydrogen-bond acceptors (Lipinski definition) is 4. The zero-order valence-corrected chi connectivity index (χ0v) is 16.5. The molecule has 0 saturated heterocycles. The molecule has 0 aliphatic carbocycles. The molecule has 4 nitrogen and oxygen atoms in total. The fourth-order valence-corrected chi connectivity index (χ4v) is 3.45. The number of nitrogens with one attached hydrogen (secondary N) is 1. The molecule has 7 heteroatoms. The van der Waals surface area contributed by atoms with Gasteiger partial charge in [-0.1, -0.05) is 35.9 Å². The lowest BCUT2D eigenvalue weighted by Gasteiger charge is -2.13. The maximum atomic E-state index is 13.7. The normalized spacial score (nSPS) is 12.1. The number of benzene rings is 2. The lowest BCUT2D eigenvalue weighted by molar-refractivity contribution is -0.115. The number of halogens is 2. The number of carbonyl (C=O) groups is 1. The molecule has 1 amide bonds. The minimum atomic E-state index is -0.466. The number of aliphatic imine (C=N–C) groups is 1. The van der Waals surface area contributed by atoms with Crippen LogP contribution in [0.25, 0.3) is 0 Å². The van der Waals surface area contributed by atoms with E-state index in [2.05, 4.69) is 15.3 Å². The van der Waals surface area contributed by atoms with Crippen molar-refractivity contribution in [1.29, 1.82) is 0 Å². The van der Waals surface area contributed by atoms with Gasteiger partial charge in [0.15, 0.2) is 0 Å². The molecule has 0 saturated carbocycles. The number of nitrogens with zero attached hydrogens (tertiary/aromatic N) is 2. The quantitative estimate of drug-likeness (QED) is 0.318. The monoisotopic (exact) mass is 413 g/mol. The molecule has 1 N–H and O–H groups in total. The standard InChI is InChI=1S/C21H17ClFN3OS/c1-14(21(27)26-17-9-3-2-8-16(17)23)28-19-11-5-4-10-18(19)25-13-15-7-6-12-24-20(15)22/h2-14H,1H3,(H,26,27)/t14-/m1/s1. The van der Waals surface area contributed by atoms with E-state index in [1.807, 2.05) is 30.3 Å². The van der Waals surface area contributed by atoms with Crippen LogP contribution >= 0.6 is 23.4 Å². The third-order valence-electron chi connectivity index (χ3n) is 3.80. The Kier molecular flexibility index (Phi) is 6.79. The fourth-order valence-electron chi connectivity index (χ4n) is 2.34. The summed E-state index contributed by atoms with van der Waals surface area (Å²) in [6.07, 6.45) is 3.25. The molecular formula is C21H17ClFN3OS. The second-order valence-electron chi connectivity index (χ2n) is 5.84. The SMILES string of the molecule is C[C@@H](Sc1ccccc1N=Cc1cccnc1Cl)C(=O)Nc1ccccc1F. The minimum absolute atomic E-state index is 0.164. The summed E-state index contributed by atoms with van der Waals surface area (Å²) in [7, 11) is 0. The molecular weight excluding hydrogens is 397 g/mol. The molecule has 2 aromatic carbocycles. The van der Waals surface area contributed by atoms with Crippen LogP contribution in [0.1, 0.15) is 12.5 Å². The first-order valence-corrected chi connectivity index (χ1v) is 9.76. The summed E-state index contributed by atoms with van der Waals surface area (Å²) in [5.41, 5.74) is 1.57. The van der Waals surface area contributed by atoms with Crippen molar-refractivity contribution in [2.24, 2.45) is 4.99 Å². The summed E-state index contributed by atoms with van der Waals surface area (Å²) < 4.78 is 13.7. The molecule has 0 aliphatic heterocycles. The van der Waals surface area contributed by atoms with Gasteiger partial charge in [0.2, 0.25) is 5.91 Å². The van der Waals surface area contributed by atoms with Gasteiger partial charge in [-0.05, 0) is 43.3 Å². The van der Waals surface area contributed by atoms with E-state index in [1.165, 1.54) is 23.9 Å². The number of carbonyl (C=O) groups excluding carboxylic acids is 1. The van der Waals surface area contributed by atoms with Crippen LogP contribution in [0.5, 0.6) is 0 Å². The number of thioether (sulfide) groups is 1. The number of pyridine rings is 1. The molecule has 3 aromatic rings. The molecule has 1 heterocycles. The first-order chi connectivity index (χ1) is 13.5. The van der Waals surface area contributed by atoms with Crippen LogP contribution in [-0.2, 0) is 4.79 Å². The second kappa shape index (κ2) is 9.48. The van der Waals surface area contributed by atoms with Crippen molar-refractivity contribution in [3.8, 4) is 0 Å². The van der Waals surface area contributed by atoms with Gasteiger partial charge in [0.25, 0.3) is 0 Å². The van der Waals surface area contributed by atoms with Gasteiger partial charge in [-0.15, -0.1) is 11.8 Å². The third-order valence-corrected chi connectivity index (χ3v) is 5.28. The second-order valence-corrected chi connectivity index (χ2v) is 7.58. The predicted molar refractivity (Wildman–Crippen MR) is 113 cm³/mol. The minimum Gasteiger partial charge on any atom is -0.323 e. The first-order valence-electron chi connectivity index (χ1n) is 8.50. The Morgan fingerprint density at radius 3 is 2.71 bits per heavy atom.